The lowest BCUT2D eigenvalue weighted by Gasteiger charge is -2.20. The fourth-order valence-electron chi connectivity index (χ4n) is 3.72. The molecule has 26 heavy (non-hydrogen) atoms. The molecule has 6 heteroatoms. The van der Waals surface area contributed by atoms with Gasteiger partial charge in [-0.05, 0) is 56.8 Å². The summed E-state index contributed by atoms with van der Waals surface area (Å²) in [7, 11) is 0. The van der Waals surface area contributed by atoms with E-state index in [-0.39, 0.29) is 11.9 Å². The average Bonchev–Trinajstić information content (AvgIpc) is 3.01. The predicted octanol–water partition coefficient (Wildman–Crippen LogP) is 2.97. The Kier molecular flexibility index (Phi) is 6.89. The second-order valence-corrected chi connectivity index (χ2v) is 7.25. The zero-order chi connectivity index (χ0) is 18.2. The van der Waals surface area contributed by atoms with E-state index in [2.05, 4.69) is 16.0 Å². The number of carbonyl (C=O) groups is 2. The highest BCUT2D eigenvalue weighted by Gasteiger charge is 2.18. The molecular weight excluding hydrogens is 328 g/mol. The van der Waals surface area contributed by atoms with Gasteiger partial charge in [0.15, 0.2) is 0 Å². The lowest BCUT2D eigenvalue weighted by Crippen LogP contribution is -2.33. The molecule has 0 spiro atoms. The van der Waals surface area contributed by atoms with Gasteiger partial charge in [-0.15, -0.1) is 0 Å². The summed E-state index contributed by atoms with van der Waals surface area (Å²) in [4.78, 5) is 26.7. The van der Waals surface area contributed by atoms with E-state index >= 15 is 0 Å². The summed E-state index contributed by atoms with van der Waals surface area (Å²) in [6.45, 7) is 3.38. The first-order valence-electron chi connectivity index (χ1n) is 9.90. The van der Waals surface area contributed by atoms with Crippen LogP contribution in [-0.2, 0) is 0 Å². The molecule has 3 amide bonds. The molecular formula is C20H30N4O2. The molecule has 1 atom stereocenters. The third-order valence-corrected chi connectivity index (χ3v) is 5.20. The number of nitrogens with zero attached hydrogens (tertiary/aromatic N) is 1. The highest BCUT2D eigenvalue weighted by molar-refractivity contribution is 5.96. The van der Waals surface area contributed by atoms with Gasteiger partial charge in [0.1, 0.15) is 0 Å². The van der Waals surface area contributed by atoms with E-state index in [9.17, 15) is 9.59 Å². The van der Waals surface area contributed by atoms with Gasteiger partial charge in [-0.2, -0.15) is 0 Å². The zero-order valence-corrected chi connectivity index (χ0v) is 15.4. The Bertz CT molecular complexity index is 606. The summed E-state index contributed by atoms with van der Waals surface area (Å²) in [6, 6.07) is 7.53. The number of amides is 3. The molecule has 3 rings (SSSR count). The number of hydrogen-bond acceptors (Lipinski definition) is 3. The van der Waals surface area contributed by atoms with E-state index in [1.54, 1.807) is 6.07 Å². The number of nitrogens with one attached hydrogen (secondary N) is 3. The third kappa shape index (κ3) is 5.46. The van der Waals surface area contributed by atoms with Crippen LogP contribution in [0.4, 0.5) is 10.5 Å². The maximum Gasteiger partial charge on any atom is 0.319 e. The molecule has 142 valence electrons. The molecule has 0 unspecified atom stereocenters. The zero-order valence-electron chi connectivity index (χ0n) is 15.4. The van der Waals surface area contributed by atoms with E-state index in [0.29, 0.717) is 23.8 Å². The fourth-order valence-corrected chi connectivity index (χ4v) is 3.72. The smallest absolute Gasteiger partial charge is 0.319 e. The topological polar surface area (TPSA) is 73.5 Å². The van der Waals surface area contributed by atoms with Gasteiger partial charge in [0.05, 0.1) is 0 Å². The van der Waals surface area contributed by atoms with E-state index in [4.69, 9.17) is 0 Å². The Labute approximate surface area is 155 Å². The fraction of sp³-hybridized carbons (Fsp3) is 0.600. The molecule has 2 saturated heterocycles. The molecule has 2 aliphatic heterocycles. The van der Waals surface area contributed by atoms with Crippen molar-refractivity contribution in [3.63, 3.8) is 0 Å². The van der Waals surface area contributed by atoms with Crippen LogP contribution < -0.4 is 16.0 Å². The van der Waals surface area contributed by atoms with E-state index in [1.807, 2.05) is 23.1 Å². The Balaban J connectivity index is 1.49. The predicted molar refractivity (Wildman–Crippen MR) is 103 cm³/mol. The second-order valence-electron chi connectivity index (χ2n) is 7.25. The van der Waals surface area contributed by atoms with Crippen LogP contribution in [0.25, 0.3) is 0 Å². The number of likely N-dealkylation sites (tertiary alicyclic amines) is 1. The minimum absolute atomic E-state index is 0.0586. The molecule has 0 aliphatic carbocycles. The maximum absolute atomic E-state index is 12.7. The van der Waals surface area contributed by atoms with Crippen molar-refractivity contribution in [3.05, 3.63) is 29.8 Å². The molecule has 0 radical (unpaired) electrons. The van der Waals surface area contributed by atoms with E-state index in [1.165, 1.54) is 25.7 Å². The second kappa shape index (κ2) is 9.57. The molecule has 2 aliphatic rings. The van der Waals surface area contributed by atoms with Crippen molar-refractivity contribution in [2.75, 3.05) is 31.5 Å². The van der Waals surface area contributed by atoms with Crippen molar-refractivity contribution in [3.8, 4) is 0 Å². The number of anilines is 1. The van der Waals surface area contributed by atoms with Crippen molar-refractivity contribution in [1.82, 2.24) is 15.5 Å². The summed E-state index contributed by atoms with van der Waals surface area (Å²) >= 11 is 0. The van der Waals surface area contributed by atoms with Crippen LogP contribution in [-0.4, -0.2) is 49.1 Å². The van der Waals surface area contributed by atoms with Crippen LogP contribution >= 0.6 is 0 Å². The summed E-state index contributed by atoms with van der Waals surface area (Å²) in [6.07, 6.45) is 7.88. The molecule has 0 aromatic heterocycles. The van der Waals surface area contributed by atoms with Crippen LogP contribution in [0, 0.1) is 0 Å². The van der Waals surface area contributed by atoms with Crippen molar-refractivity contribution in [1.29, 1.82) is 0 Å². The number of hydrogen-bond donors (Lipinski definition) is 3. The van der Waals surface area contributed by atoms with Gasteiger partial charge in [-0.3, -0.25) is 4.79 Å². The van der Waals surface area contributed by atoms with Gasteiger partial charge < -0.3 is 20.9 Å². The Morgan fingerprint density at radius 2 is 1.92 bits per heavy atom. The normalized spacial score (nSPS) is 20.5. The summed E-state index contributed by atoms with van der Waals surface area (Å²) in [5, 5.41) is 9.15. The van der Waals surface area contributed by atoms with E-state index in [0.717, 1.165) is 38.9 Å². The Hall–Kier alpha value is -2.08. The SMILES string of the molecule is O=C(NCC[C@H]1CCCN1)Nc1cccc(C(=O)N2CCCCCC2)c1. The molecule has 0 bridgehead atoms. The van der Waals surface area contributed by atoms with Gasteiger partial charge in [-0.25, -0.2) is 4.79 Å². The number of carbonyl (C=O) groups excluding carboxylic acids is 2. The van der Waals surface area contributed by atoms with Crippen LogP contribution in [0.3, 0.4) is 0 Å². The molecule has 3 N–H and O–H groups in total. The van der Waals surface area contributed by atoms with Gasteiger partial charge in [0.25, 0.3) is 5.91 Å². The number of benzene rings is 1. The van der Waals surface area contributed by atoms with Gasteiger partial charge >= 0.3 is 6.03 Å². The first kappa shape index (κ1) is 18.7. The molecule has 2 fully saturated rings. The van der Waals surface area contributed by atoms with Gasteiger partial charge in [-0.1, -0.05) is 18.9 Å². The monoisotopic (exact) mass is 358 g/mol. The highest BCUT2D eigenvalue weighted by Crippen LogP contribution is 2.16. The van der Waals surface area contributed by atoms with Crippen LogP contribution in [0.15, 0.2) is 24.3 Å². The highest BCUT2D eigenvalue weighted by atomic mass is 16.2. The van der Waals surface area contributed by atoms with E-state index < -0.39 is 0 Å². The molecule has 6 nitrogen and oxygen atoms in total. The molecule has 1 aromatic carbocycles. The Morgan fingerprint density at radius 3 is 2.65 bits per heavy atom. The number of rotatable bonds is 5. The Morgan fingerprint density at radius 1 is 1.12 bits per heavy atom. The lowest BCUT2D eigenvalue weighted by atomic mass is 10.1. The first-order chi connectivity index (χ1) is 12.7. The summed E-state index contributed by atoms with van der Waals surface area (Å²) in [5.74, 6) is 0.0586. The average molecular weight is 358 g/mol. The summed E-state index contributed by atoms with van der Waals surface area (Å²) in [5.41, 5.74) is 1.29. The molecule has 0 saturated carbocycles. The summed E-state index contributed by atoms with van der Waals surface area (Å²) < 4.78 is 0. The number of urea groups is 1. The van der Waals surface area contributed by atoms with Gasteiger partial charge in [0.2, 0.25) is 0 Å². The quantitative estimate of drug-likeness (QED) is 0.758. The largest absolute Gasteiger partial charge is 0.339 e. The third-order valence-electron chi connectivity index (χ3n) is 5.20. The van der Waals surface area contributed by atoms with Crippen molar-refractivity contribution < 1.29 is 9.59 Å². The minimum atomic E-state index is -0.220. The van der Waals surface area contributed by atoms with Crippen molar-refractivity contribution in [2.45, 2.75) is 51.0 Å². The van der Waals surface area contributed by atoms with Crippen LogP contribution in [0.1, 0.15) is 55.3 Å². The first-order valence-corrected chi connectivity index (χ1v) is 9.90. The molecule has 2 heterocycles. The molecule has 1 aromatic rings. The van der Waals surface area contributed by atoms with Crippen LogP contribution in [0.5, 0.6) is 0 Å². The minimum Gasteiger partial charge on any atom is -0.339 e. The lowest BCUT2D eigenvalue weighted by molar-refractivity contribution is 0.0761. The standard InChI is InChI=1S/C20H30N4O2/c25-19(24-13-3-1-2-4-14-24)16-7-5-8-18(15-16)23-20(26)22-12-10-17-9-6-11-21-17/h5,7-8,15,17,21H,1-4,6,9-14H2,(H2,22,23,26)/t17-/m1/s1. The van der Waals surface area contributed by atoms with Gasteiger partial charge in [0, 0.05) is 36.9 Å². The van der Waals surface area contributed by atoms with Crippen molar-refractivity contribution >= 4 is 17.6 Å². The van der Waals surface area contributed by atoms with Crippen molar-refractivity contribution in [2.24, 2.45) is 0 Å². The maximum atomic E-state index is 12.7. The van der Waals surface area contributed by atoms with Crippen LogP contribution in [0.2, 0.25) is 0 Å².